The fourth-order valence-corrected chi connectivity index (χ4v) is 3.24. The van der Waals surface area contributed by atoms with Gasteiger partial charge in [-0.3, -0.25) is 4.99 Å². The molecule has 0 saturated carbocycles. The Labute approximate surface area is 194 Å². The van der Waals surface area contributed by atoms with Gasteiger partial charge < -0.3 is 24.8 Å². The van der Waals surface area contributed by atoms with Crippen LogP contribution in [0, 0.1) is 5.92 Å². The van der Waals surface area contributed by atoms with Crippen molar-refractivity contribution in [2.24, 2.45) is 10.9 Å². The number of likely N-dealkylation sites (tertiary alicyclic amines) is 1. The van der Waals surface area contributed by atoms with Crippen LogP contribution in [0.15, 0.2) is 23.2 Å². The Bertz CT molecular complexity index is 622. The van der Waals surface area contributed by atoms with E-state index in [9.17, 15) is 5.11 Å². The van der Waals surface area contributed by atoms with Gasteiger partial charge in [-0.1, -0.05) is 29.3 Å². The number of aliphatic imine (C=N–C) groups is 1. The van der Waals surface area contributed by atoms with Crippen molar-refractivity contribution < 1.29 is 14.6 Å². The van der Waals surface area contributed by atoms with E-state index in [1.54, 1.807) is 18.2 Å². The molecule has 160 valence electrons. The number of benzene rings is 1. The second-order valence-electron chi connectivity index (χ2n) is 6.47. The molecule has 28 heavy (non-hydrogen) atoms. The van der Waals surface area contributed by atoms with Crippen LogP contribution in [0.5, 0.6) is 5.75 Å². The molecule has 1 aliphatic heterocycles. The van der Waals surface area contributed by atoms with Crippen LogP contribution in [0.25, 0.3) is 0 Å². The van der Waals surface area contributed by atoms with Crippen LogP contribution in [0.2, 0.25) is 10.0 Å². The van der Waals surface area contributed by atoms with Gasteiger partial charge in [-0.05, 0) is 32.4 Å². The Morgan fingerprint density at radius 1 is 1.39 bits per heavy atom. The molecule has 2 atom stereocenters. The molecule has 0 bridgehead atoms. The largest absolute Gasteiger partial charge is 0.489 e. The predicted molar refractivity (Wildman–Crippen MR) is 126 cm³/mol. The van der Waals surface area contributed by atoms with Gasteiger partial charge in [0.1, 0.15) is 23.5 Å². The van der Waals surface area contributed by atoms with Crippen LogP contribution >= 0.6 is 47.2 Å². The van der Waals surface area contributed by atoms with Gasteiger partial charge in [0.15, 0.2) is 5.96 Å². The molecule has 0 amide bonds. The van der Waals surface area contributed by atoms with Gasteiger partial charge in [-0.15, -0.1) is 24.0 Å². The van der Waals surface area contributed by atoms with E-state index in [1.807, 2.05) is 13.8 Å². The molecule has 6 nitrogen and oxygen atoms in total. The maximum Gasteiger partial charge on any atom is 0.194 e. The lowest BCUT2D eigenvalue weighted by Gasteiger charge is -2.22. The molecular formula is C19H30Cl2IN3O3. The van der Waals surface area contributed by atoms with Crippen LogP contribution in [-0.2, 0) is 4.74 Å². The van der Waals surface area contributed by atoms with Crippen LogP contribution in [0.3, 0.4) is 0 Å². The quantitative estimate of drug-likeness (QED) is 0.281. The maximum absolute atomic E-state index is 10.2. The van der Waals surface area contributed by atoms with Crippen LogP contribution in [0.1, 0.15) is 20.3 Å². The molecule has 2 N–H and O–H groups in total. The zero-order valence-corrected chi connectivity index (χ0v) is 20.2. The number of aliphatic hydroxyl groups excluding tert-OH is 1. The molecule has 0 aromatic heterocycles. The SMILES string of the molecule is CCNC(=NCC(O)COc1cccc(Cl)c1Cl)N1CCC(COCC)C1.I. The molecule has 1 heterocycles. The van der Waals surface area contributed by atoms with E-state index in [4.69, 9.17) is 32.7 Å². The number of aliphatic hydroxyl groups is 1. The summed E-state index contributed by atoms with van der Waals surface area (Å²) >= 11 is 12.1. The highest BCUT2D eigenvalue weighted by Gasteiger charge is 2.25. The van der Waals surface area contributed by atoms with Crippen molar-refractivity contribution in [2.75, 3.05) is 46.0 Å². The molecule has 1 aromatic carbocycles. The third kappa shape index (κ3) is 8.10. The van der Waals surface area contributed by atoms with Crippen LogP contribution < -0.4 is 10.1 Å². The third-order valence-electron chi connectivity index (χ3n) is 4.28. The van der Waals surface area contributed by atoms with Crippen molar-refractivity contribution in [1.82, 2.24) is 10.2 Å². The average molecular weight is 546 g/mol. The Morgan fingerprint density at radius 2 is 2.18 bits per heavy atom. The first kappa shape index (κ1) is 25.6. The molecule has 1 aromatic rings. The van der Waals surface area contributed by atoms with Crippen molar-refractivity contribution in [3.63, 3.8) is 0 Å². The van der Waals surface area contributed by atoms with Crippen molar-refractivity contribution in [3.8, 4) is 5.75 Å². The van der Waals surface area contributed by atoms with Crippen molar-refractivity contribution in [2.45, 2.75) is 26.4 Å². The normalized spacial score (nSPS) is 18.0. The fourth-order valence-electron chi connectivity index (χ4n) is 2.90. The summed E-state index contributed by atoms with van der Waals surface area (Å²) < 4.78 is 11.1. The van der Waals surface area contributed by atoms with E-state index in [1.165, 1.54) is 0 Å². The highest BCUT2D eigenvalue weighted by Crippen LogP contribution is 2.31. The number of hydrogen-bond acceptors (Lipinski definition) is 4. The summed E-state index contributed by atoms with van der Waals surface area (Å²) in [5.74, 6) is 1.79. The maximum atomic E-state index is 10.2. The molecule has 0 spiro atoms. The lowest BCUT2D eigenvalue weighted by atomic mass is 10.1. The van der Waals surface area contributed by atoms with E-state index >= 15 is 0 Å². The molecule has 2 unspecified atom stereocenters. The van der Waals surface area contributed by atoms with Crippen molar-refractivity contribution in [3.05, 3.63) is 28.2 Å². The molecule has 1 aliphatic rings. The predicted octanol–water partition coefficient (Wildman–Crippen LogP) is 3.68. The number of guanidine groups is 1. The number of hydrogen-bond donors (Lipinski definition) is 2. The monoisotopic (exact) mass is 545 g/mol. The fraction of sp³-hybridized carbons (Fsp3) is 0.632. The molecule has 2 rings (SSSR count). The van der Waals surface area contributed by atoms with Gasteiger partial charge in [0, 0.05) is 32.2 Å². The van der Waals surface area contributed by atoms with Gasteiger partial charge in [0.25, 0.3) is 0 Å². The van der Waals surface area contributed by atoms with E-state index in [2.05, 4.69) is 15.2 Å². The number of nitrogens with one attached hydrogen (secondary N) is 1. The van der Waals surface area contributed by atoms with E-state index < -0.39 is 6.10 Å². The number of nitrogens with zero attached hydrogens (tertiary/aromatic N) is 2. The summed E-state index contributed by atoms with van der Waals surface area (Å²) in [5.41, 5.74) is 0. The number of ether oxygens (including phenoxy) is 2. The van der Waals surface area contributed by atoms with Crippen LogP contribution in [-0.4, -0.2) is 68.1 Å². The summed E-state index contributed by atoms with van der Waals surface area (Å²) in [4.78, 5) is 6.78. The first-order valence-corrected chi connectivity index (χ1v) is 10.2. The minimum absolute atomic E-state index is 0. The minimum atomic E-state index is -0.740. The summed E-state index contributed by atoms with van der Waals surface area (Å²) in [7, 11) is 0. The second-order valence-corrected chi connectivity index (χ2v) is 7.26. The van der Waals surface area contributed by atoms with Gasteiger partial charge in [-0.2, -0.15) is 0 Å². The zero-order valence-electron chi connectivity index (χ0n) is 16.4. The number of halogens is 3. The third-order valence-corrected chi connectivity index (χ3v) is 5.08. The summed E-state index contributed by atoms with van der Waals surface area (Å²) in [6.07, 6.45) is 0.346. The second kappa shape index (κ2) is 13.7. The average Bonchev–Trinajstić information content (AvgIpc) is 3.13. The van der Waals surface area contributed by atoms with E-state index in [0.717, 1.165) is 45.2 Å². The van der Waals surface area contributed by atoms with Crippen molar-refractivity contribution in [1.29, 1.82) is 0 Å². The Morgan fingerprint density at radius 3 is 2.89 bits per heavy atom. The molecule has 0 aliphatic carbocycles. The van der Waals surface area contributed by atoms with E-state index in [-0.39, 0.29) is 37.1 Å². The topological polar surface area (TPSA) is 66.3 Å². The lowest BCUT2D eigenvalue weighted by molar-refractivity contribution is 0.113. The minimum Gasteiger partial charge on any atom is -0.489 e. The molecular weight excluding hydrogens is 516 g/mol. The summed E-state index contributed by atoms with van der Waals surface area (Å²) in [6.45, 7) is 8.53. The highest BCUT2D eigenvalue weighted by molar-refractivity contribution is 14.0. The Kier molecular flexibility index (Phi) is 12.5. The van der Waals surface area contributed by atoms with E-state index in [0.29, 0.717) is 21.7 Å². The molecule has 0 radical (unpaired) electrons. The number of rotatable bonds is 9. The first-order valence-electron chi connectivity index (χ1n) is 9.41. The summed E-state index contributed by atoms with van der Waals surface area (Å²) in [5, 5.41) is 14.3. The lowest BCUT2D eigenvalue weighted by Crippen LogP contribution is -2.41. The van der Waals surface area contributed by atoms with Crippen LogP contribution in [0.4, 0.5) is 0 Å². The van der Waals surface area contributed by atoms with Gasteiger partial charge in [-0.25, -0.2) is 0 Å². The smallest absolute Gasteiger partial charge is 0.194 e. The first-order chi connectivity index (χ1) is 13.0. The standard InChI is InChI=1S/C19H29Cl2N3O3.HI/c1-3-22-19(24-9-8-14(11-24)12-26-4-2)23-10-15(25)13-27-17-7-5-6-16(20)18(17)21;/h5-7,14-15,25H,3-4,8-13H2,1-2H3,(H,22,23);1H. The zero-order chi connectivity index (χ0) is 19.6. The highest BCUT2D eigenvalue weighted by atomic mass is 127. The Balaban J connectivity index is 0.00000392. The molecule has 1 saturated heterocycles. The van der Waals surface area contributed by atoms with Gasteiger partial charge in [0.05, 0.1) is 18.2 Å². The van der Waals surface area contributed by atoms with Crippen molar-refractivity contribution >= 4 is 53.1 Å². The summed E-state index contributed by atoms with van der Waals surface area (Å²) in [6, 6.07) is 5.16. The molecule has 1 fully saturated rings. The van der Waals surface area contributed by atoms with Gasteiger partial charge >= 0.3 is 0 Å². The molecule has 9 heteroatoms. The Hall–Kier alpha value is -0.480. The van der Waals surface area contributed by atoms with Gasteiger partial charge in [0.2, 0.25) is 0 Å².